The molecule has 3 aromatic carbocycles. The molecule has 0 amide bonds. The van der Waals surface area contributed by atoms with Gasteiger partial charge in [-0.3, -0.25) is 0 Å². The molecule has 42 heavy (non-hydrogen) atoms. The topological polar surface area (TPSA) is 132 Å². The summed E-state index contributed by atoms with van der Waals surface area (Å²) in [7, 11) is 1.73. The molecule has 4 aromatic rings. The number of nitrogens with zero attached hydrogens (tertiary/aromatic N) is 3. The van der Waals surface area contributed by atoms with Crippen molar-refractivity contribution in [3.8, 4) is 29.1 Å². The van der Waals surface area contributed by atoms with Gasteiger partial charge >= 0.3 is 5.97 Å². The molecule has 0 atom stereocenters. The number of esters is 1. The Bertz CT molecular complexity index is 1650. The Labute approximate surface area is 244 Å². The van der Waals surface area contributed by atoms with Gasteiger partial charge in [-0.2, -0.15) is 5.26 Å². The van der Waals surface area contributed by atoms with Gasteiger partial charge in [-0.1, -0.05) is 30.3 Å². The van der Waals surface area contributed by atoms with E-state index in [9.17, 15) is 10.1 Å². The van der Waals surface area contributed by atoms with E-state index < -0.39 is 11.6 Å². The molecule has 1 aromatic heterocycles. The SMILES string of the molecule is CNc1nccc(Oc2ccc(Oc3ccccc3)cc2)c1C(N)=Nc1cccc(/C=C(\C#N)C(=O)OC(C)(C)C)c1. The molecule has 1 heterocycles. The maximum atomic E-state index is 12.4. The van der Waals surface area contributed by atoms with Crippen molar-refractivity contribution in [1.29, 1.82) is 5.26 Å². The summed E-state index contributed by atoms with van der Waals surface area (Å²) in [6, 6.07) is 27.3. The Balaban J connectivity index is 1.59. The third-order valence-electron chi connectivity index (χ3n) is 5.61. The van der Waals surface area contributed by atoms with Crippen LogP contribution in [0.3, 0.4) is 0 Å². The summed E-state index contributed by atoms with van der Waals surface area (Å²) in [4.78, 5) is 21.4. The van der Waals surface area contributed by atoms with Crippen LogP contribution in [0.2, 0.25) is 0 Å². The quantitative estimate of drug-likeness (QED) is 0.0734. The third kappa shape index (κ3) is 7.96. The molecule has 9 nitrogen and oxygen atoms in total. The molecule has 0 saturated carbocycles. The van der Waals surface area contributed by atoms with Crippen molar-refractivity contribution in [2.75, 3.05) is 12.4 Å². The molecule has 0 aliphatic carbocycles. The molecule has 0 aliphatic heterocycles. The van der Waals surface area contributed by atoms with E-state index >= 15 is 0 Å². The summed E-state index contributed by atoms with van der Waals surface area (Å²) in [5, 5.41) is 12.5. The van der Waals surface area contributed by atoms with Crippen LogP contribution in [-0.2, 0) is 9.53 Å². The molecule has 0 fully saturated rings. The summed E-state index contributed by atoms with van der Waals surface area (Å²) in [6.07, 6.45) is 3.06. The summed E-state index contributed by atoms with van der Waals surface area (Å²) in [6.45, 7) is 5.22. The molecule has 0 spiro atoms. The van der Waals surface area contributed by atoms with E-state index in [1.807, 2.05) is 48.5 Å². The van der Waals surface area contributed by atoms with Crippen molar-refractivity contribution in [2.45, 2.75) is 26.4 Å². The number of hydrogen-bond donors (Lipinski definition) is 2. The Morgan fingerprint density at radius 2 is 1.62 bits per heavy atom. The van der Waals surface area contributed by atoms with Crippen molar-refractivity contribution in [1.82, 2.24) is 4.98 Å². The van der Waals surface area contributed by atoms with E-state index in [0.29, 0.717) is 39.9 Å². The second kappa shape index (κ2) is 13.2. The van der Waals surface area contributed by atoms with E-state index in [0.717, 1.165) is 5.75 Å². The van der Waals surface area contributed by atoms with Crippen LogP contribution >= 0.6 is 0 Å². The normalized spacial score (nSPS) is 11.8. The zero-order valence-corrected chi connectivity index (χ0v) is 23.8. The second-order valence-corrected chi connectivity index (χ2v) is 10.0. The van der Waals surface area contributed by atoms with Gasteiger partial charge in [0.05, 0.1) is 5.69 Å². The van der Waals surface area contributed by atoms with Gasteiger partial charge in [0.2, 0.25) is 0 Å². The zero-order valence-electron chi connectivity index (χ0n) is 23.8. The van der Waals surface area contributed by atoms with Crippen LogP contribution in [0, 0.1) is 11.3 Å². The monoisotopic (exact) mass is 561 g/mol. The van der Waals surface area contributed by atoms with Crippen LogP contribution in [0.15, 0.2) is 102 Å². The maximum Gasteiger partial charge on any atom is 0.349 e. The predicted molar refractivity (Wildman–Crippen MR) is 163 cm³/mol. The van der Waals surface area contributed by atoms with Crippen LogP contribution in [0.1, 0.15) is 31.9 Å². The smallest absolute Gasteiger partial charge is 0.349 e. The van der Waals surface area contributed by atoms with Crippen LogP contribution in [-0.4, -0.2) is 29.4 Å². The first-order valence-corrected chi connectivity index (χ1v) is 13.1. The fraction of sp³-hybridized carbons (Fsp3) is 0.152. The van der Waals surface area contributed by atoms with Crippen LogP contribution in [0.4, 0.5) is 11.5 Å². The van der Waals surface area contributed by atoms with Crippen molar-refractivity contribution in [3.63, 3.8) is 0 Å². The maximum absolute atomic E-state index is 12.4. The highest BCUT2D eigenvalue weighted by molar-refractivity contribution is 6.05. The van der Waals surface area contributed by atoms with Gasteiger partial charge in [-0.05, 0) is 80.9 Å². The number of para-hydroxylation sites is 1. The number of nitrogens with two attached hydrogens (primary N) is 1. The second-order valence-electron chi connectivity index (χ2n) is 10.0. The van der Waals surface area contributed by atoms with Gasteiger partial charge in [-0.15, -0.1) is 0 Å². The largest absolute Gasteiger partial charge is 0.457 e. The summed E-state index contributed by atoms with van der Waals surface area (Å²) in [5.41, 5.74) is 7.20. The van der Waals surface area contributed by atoms with Gasteiger partial charge in [-0.25, -0.2) is 14.8 Å². The van der Waals surface area contributed by atoms with Gasteiger partial charge < -0.3 is 25.3 Å². The number of pyridine rings is 1. The first-order chi connectivity index (χ1) is 20.1. The summed E-state index contributed by atoms with van der Waals surface area (Å²) in [5.74, 6) is 2.34. The molecule has 0 unspecified atom stereocenters. The summed E-state index contributed by atoms with van der Waals surface area (Å²) < 4.78 is 17.4. The molecular weight excluding hydrogens is 530 g/mol. The molecule has 0 saturated heterocycles. The average Bonchev–Trinajstić information content (AvgIpc) is 2.96. The number of hydrogen-bond acceptors (Lipinski definition) is 8. The fourth-order valence-corrected chi connectivity index (χ4v) is 3.81. The number of aliphatic imine (C=N–C) groups is 1. The third-order valence-corrected chi connectivity index (χ3v) is 5.61. The van der Waals surface area contributed by atoms with E-state index in [-0.39, 0.29) is 11.4 Å². The van der Waals surface area contributed by atoms with Gasteiger partial charge in [0.25, 0.3) is 0 Å². The van der Waals surface area contributed by atoms with E-state index in [1.54, 1.807) is 76.5 Å². The zero-order chi connectivity index (χ0) is 30.1. The standard InChI is InChI=1S/C33H31N5O4/c1-33(2,3)42-32(39)23(21-34)19-22-9-8-10-24(20-22)38-30(35)29-28(17-18-37-31(29)36-4)41-27-15-13-26(14-16-27)40-25-11-6-5-7-12-25/h5-20H,1-4H3,(H2,35,38)(H,36,37)/b23-19+. The predicted octanol–water partition coefficient (Wildman–Crippen LogP) is 6.99. The number of amidine groups is 1. The highest BCUT2D eigenvalue weighted by Crippen LogP contribution is 2.32. The Hall–Kier alpha value is -5.62. The Morgan fingerprint density at radius 1 is 0.952 bits per heavy atom. The lowest BCUT2D eigenvalue weighted by Crippen LogP contribution is -2.24. The highest BCUT2D eigenvalue weighted by atomic mass is 16.6. The number of ether oxygens (including phenoxy) is 3. The molecule has 4 rings (SSSR count). The fourth-order valence-electron chi connectivity index (χ4n) is 3.81. The number of nitriles is 1. The number of aromatic nitrogens is 1. The van der Waals surface area contributed by atoms with Crippen LogP contribution in [0.25, 0.3) is 6.08 Å². The first-order valence-electron chi connectivity index (χ1n) is 13.1. The lowest BCUT2D eigenvalue weighted by atomic mass is 10.1. The molecule has 0 radical (unpaired) electrons. The minimum absolute atomic E-state index is 0.125. The van der Waals surface area contributed by atoms with Gasteiger partial charge in [0.1, 0.15) is 57.5 Å². The number of nitrogens with one attached hydrogen (secondary N) is 1. The number of carbonyl (C=O) groups excluding carboxylic acids is 1. The Kier molecular flexibility index (Phi) is 9.20. The highest BCUT2D eigenvalue weighted by Gasteiger charge is 2.20. The van der Waals surface area contributed by atoms with Gasteiger partial charge in [0.15, 0.2) is 0 Å². The van der Waals surface area contributed by atoms with E-state index in [2.05, 4.69) is 15.3 Å². The van der Waals surface area contributed by atoms with Crippen LogP contribution < -0.4 is 20.5 Å². The van der Waals surface area contributed by atoms with Crippen molar-refractivity contribution in [2.24, 2.45) is 10.7 Å². The number of carbonyl (C=O) groups is 1. The lowest BCUT2D eigenvalue weighted by molar-refractivity contribution is -0.149. The Morgan fingerprint density at radius 3 is 2.26 bits per heavy atom. The number of anilines is 1. The number of rotatable bonds is 9. The minimum Gasteiger partial charge on any atom is -0.457 e. The number of benzene rings is 3. The summed E-state index contributed by atoms with van der Waals surface area (Å²) >= 11 is 0. The molecule has 212 valence electrons. The van der Waals surface area contributed by atoms with Crippen LogP contribution in [0.5, 0.6) is 23.0 Å². The molecule has 0 aliphatic rings. The molecule has 0 bridgehead atoms. The van der Waals surface area contributed by atoms with Gasteiger partial charge in [0, 0.05) is 19.3 Å². The average molecular weight is 562 g/mol. The molecular formula is C33H31N5O4. The minimum atomic E-state index is -0.722. The lowest BCUT2D eigenvalue weighted by Gasteiger charge is -2.18. The molecule has 9 heteroatoms. The van der Waals surface area contributed by atoms with Crippen molar-refractivity contribution < 1.29 is 19.0 Å². The molecule has 3 N–H and O–H groups in total. The first kappa shape index (κ1) is 29.4. The van der Waals surface area contributed by atoms with Crippen molar-refractivity contribution in [3.05, 3.63) is 108 Å². The van der Waals surface area contributed by atoms with E-state index in [4.69, 9.17) is 19.9 Å². The van der Waals surface area contributed by atoms with E-state index in [1.165, 1.54) is 6.08 Å². The van der Waals surface area contributed by atoms with Crippen molar-refractivity contribution >= 4 is 29.4 Å².